The normalized spacial score (nSPS) is 10.7. The van der Waals surface area contributed by atoms with E-state index < -0.39 is 5.97 Å². The highest BCUT2D eigenvalue weighted by Gasteiger charge is 2.16. The van der Waals surface area contributed by atoms with Gasteiger partial charge in [-0.1, -0.05) is 30.3 Å². The van der Waals surface area contributed by atoms with Crippen LogP contribution in [-0.2, 0) is 0 Å². The summed E-state index contributed by atoms with van der Waals surface area (Å²) in [7, 11) is 0. The standard InChI is InChI=1S/C14H10N2O2/c17-14(18)12-10-6-7-15-13(10)16-8-11(12)9-4-2-1-3-5-9/h1-8H,(H,15,16)(H,17,18). The van der Waals surface area contributed by atoms with Gasteiger partial charge in [-0.15, -0.1) is 0 Å². The van der Waals surface area contributed by atoms with Crippen molar-refractivity contribution in [3.05, 3.63) is 54.4 Å². The zero-order chi connectivity index (χ0) is 12.5. The SMILES string of the molecule is O=C(O)c1c(-c2ccccc2)cnc2[nH]ccc12. The molecule has 18 heavy (non-hydrogen) atoms. The number of fused-ring (bicyclic) bond motifs is 1. The molecule has 0 fully saturated rings. The smallest absolute Gasteiger partial charge is 0.337 e. The third-order valence-electron chi connectivity index (χ3n) is 2.89. The number of aromatic amines is 1. The van der Waals surface area contributed by atoms with Crippen molar-refractivity contribution in [2.24, 2.45) is 0 Å². The largest absolute Gasteiger partial charge is 0.478 e. The average molecular weight is 238 g/mol. The third kappa shape index (κ3) is 1.55. The summed E-state index contributed by atoms with van der Waals surface area (Å²) in [5, 5.41) is 10.0. The summed E-state index contributed by atoms with van der Waals surface area (Å²) < 4.78 is 0. The molecule has 0 aliphatic carbocycles. The van der Waals surface area contributed by atoms with Gasteiger partial charge in [-0.05, 0) is 11.6 Å². The molecule has 4 nitrogen and oxygen atoms in total. The van der Waals surface area contributed by atoms with Gasteiger partial charge in [-0.3, -0.25) is 0 Å². The molecule has 4 heteroatoms. The second-order valence-corrected chi connectivity index (χ2v) is 3.96. The maximum atomic E-state index is 11.5. The number of hydrogen-bond acceptors (Lipinski definition) is 2. The van der Waals surface area contributed by atoms with Gasteiger partial charge in [0.05, 0.1) is 5.56 Å². The van der Waals surface area contributed by atoms with E-state index in [1.807, 2.05) is 30.3 Å². The van der Waals surface area contributed by atoms with E-state index in [1.54, 1.807) is 18.5 Å². The Balaban J connectivity index is 2.35. The molecule has 2 heterocycles. The molecule has 0 atom stereocenters. The molecule has 0 unspecified atom stereocenters. The van der Waals surface area contributed by atoms with Crippen LogP contribution in [0.15, 0.2) is 48.8 Å². The van der Waals surface area contributed by atoms with E-state index in [1.165, 1.54) is 0 Å². The monoisotopic (exact) mass is 238 g/mol. The number of nitrogens with one attached hydrogen (secondary N) is 1. The van der Waals surface area contributed by atoms with E-state index in [0.717, 1.165) is 5.56 Å². The predicted molar refractivity (Wildman–Crippen MR) is 68.5 cm³/mol. The van der Waals surface area contributed by atoms with Crippen LogP contribution in [0.3, 0.4) is 0 Å². The van der Waals surface area contributed by atoms with E-state index in [0.29, 0.717) is 16.6 Å². The molecule has 0 bridgehead atoms. The molecular weight excluding hydrogens is 228 g/mol. The van der Waals surface area contributed by atoms with Crippen LogP contribution in [0, 0.1) is 0 Å². The first-order valence-corrected chi connectivity index (χ1v) is 5.52. The van der Waals surface area contributed by atoms with Crippen molar-refractivity contribution in [2.45, 2.75) is 0 Å². The minimum atomic E-state index is -0.944. The van der Waals surface area contributed by atoms with Crippen LogP contribution in [0.5, 0.6) is 0 Å². The van der Waals surface area contributed by atoms with Crippen molar-refractivity contribution in [3.63, 3.8) is 0 Å². The fraction of sp³-hybridized carbons (Fsp3) is 0. The number of pyridine rings is 1. The minimum absolute atomic E-state index is 0.285. The van der Waals surface area contributed by atoms with Crippen LogP contribution in [0.25, 0.3) is 22.2 Å². The molecule has 0 saturated carbocycles. The number of carboxylic acid groups (broad SMARTS) is 1. The van der Waals surface area contributed by atoms with Gasteiger partial charge in [0.1, 0.15) is 5.65 Å². The molecule has 0 saturated heterocycles. The second kappa shape index (κ2) is 4.00. The Bertz CT molecular complexity index is 717. The van der Waals surface area contributed by atoms with Crippen molar-refractivity contribution >= 4 is 17.0 Å². The number of carbonyl (C=O) groups is 1. The number of H-pyrrole nitrogens is 1. The van der Waals surface area contributed by atoms with Crippen LogP contribution in [0.1, 0.15) is 10.4 Å². The van der Waals surface area contributed by atoms with Crippen molar-refractivity contribution in [2.75, 3.05) is 0 Å². The molecule has 2 N–H and O–H groups in total. The Morgan fingerprint density at radius 1 is 1.17 bits per heavy atom. The van der Waals surface area contributed by atoms with Crippen LogP contribution >= 0.6 is 0 Å². The van der Waals surface area contributed by atoms with E-state index in [2.05, 4.69) is 9.97 Å². The Morgan fingerprint density at radius 3 is 2.67 bits per heavy atom. The topological polar surface area (TPSA) is 66.0 Å². The highest BCUT2D eigenvalue weighted by Crippen LogP contribution is 2.28. The maximum absolute atomic E-state index is 11.5. The number of carboxylic acids is 1. The van der Waals surface area contributed by atoms with Gasteiger partial charge in [0.2, 0.25) is 0 Å². The molecule has 0 aliphatic heterocycles. The quantitative estimate of drug-likeness (QED) is 0.721. The van der Waals surface area contributed by atoms with Gasteiger partial charge in [0, 0.05) is 23.3 Å². The highest BCUT2D eigenvalue weighted by atomic mass is 16.4. The third-order valence-corrected chi connectivity index (χ3v) is 2.89. The van der Waals surface area contributed by atoms with Gasteiger partial charge in [-0.25, -0.2) is 9.78 Å². The lowest BCUT2D eigenvalue weighted by Gasteiger charge is -2.06. The van der Waals surface area contributed by atoms with Crippen LogP contribution in [0.4, 0.5) is 0 Å². The molecule has 0 spiro atoms. The highest BCUT2D eigenvalue weighted by molar-refractivity contribution is 6.07. The van der Waals surface area contributed by atoms with Crippen LogP contribution in [-0.4, -0.2) is 21.0 Å². The lowest BCUT2D eigenvalue weighted by Crippen LogP contribution is -2.01. The van der Waals surface area contributed by atoms with Crippen molar-refractivity contribution in [3.8, 4) is 11.1 Å². The molecule has 0 radical (unpaired) electrons. The first-order chi connectivity index (χ1) is 8.77. The van der Waals surface area contributed by atoms with E-state index in [4.69, 9.17) is 0 Å². The zero-order valence-corrected chi connectivity index (χ0v) is 9.42. The van der Waals surface area contributed by atoms with E-state index in [-0.39, 0.29) is 5.56 Å². The molecule has 2 aromatic heterocycles. The molecule has 0 aliphatic rings. The minimum Gasteiger partial charge on any atom is -0.478 e. The first-order valence-electron chi connectivity index (χ1n) is 5.52. The average Bonchev–Trinajstić information content (AvgIpc) is 2.86. The maximum Gasteiger partial charge on any atom is 0.337 e. The molecule has 3 rings (SSSR count). The number of aromatic carboxylic acids is 1. The number of hydrogen-bond donors (Lipinski definition) is 2. The summed E-state index contributed by atoms with van der Waals surface area (Å²) in [5.74, 6) is -0.944. The summed E-state index contributed by atoms with van der Waals surface area (Å²) in [6.07, 6.45) is 3.29. The van der Waals surface area contributed by atoms with Crippen LogP contribution in [0.2, 0.25) is 0 Å². The molecule has 3 aromatic rings. The summed E-state index contributed by atoms with van der Waals surface area (Å²) in [6.45, 7) is 0. The summed E-state index contributed by atoms with van der Waals surface area (Å²) in [4.78, 5) is 18.6. The van der Waals surface area contributed by atoms with E-state index in [9.17, 15) is 9.90 Å². The summed E-state index contributed by atoms with van der Waals surface area (Å²) in [5.41, 5.74) is 2.36. The zero-order valence-electron chi connectivity index (χ0n) is 9.42. The Hall–Kier alpha value is -2.62. The molecule has 1 aromatic carbocycles. The second-order valence-electron chi connectivity index (χ2n) is 3.96. The number of aromatic nitrogens is 2. The van der Waals surface area contributed by atoms with Crippen molar-refractivity contribution in [1.82, 2.24) is 9.97 Å². The lowest BCUT2D eigenvalue weighted by atomic mass is 10.00. The van der Waals surface area contributed by atoms with E-state index >= 15 is 0 Å². The Morgan fingerprint density at radius 2 is 1.94 bits per heavy atom. The molecule has 0 amide bonds. The predicted octanol–water partition coefficient (Wildman–Crippen LogP) is 2.93. The first kappa shape index (κ1) is 10.5. The van der Waals surface area contributed by atoms with Gasteiger partial charge in [0.25, 0.3) is 0 Å². The number of benzene rings is 1. The summed E-state index contributed by atoms with van der Waals surface area (Å²) in [6, 6.07) is 11.1. The van der Waals surface area contributed by atoms with Gasteiger partial charge in [0.15, 0.2) is 0 Å². The van der Waals surface area contributed by atoms with Gasteiger partial charge in [-0.2, -0.15) is 0 Å². The fourth-order valence-corrected chi connectivity index (χ4v) is 2.07. The Labute approximate surface area is 103 Å². The molecular formula is C14H10N2O2. The lowest BCUT2D eigenvalue weighted by molar-refractivity contribution is 0.0700. The number of nitrogens with zero attached hydrogens (tertiary/aromatic N) is 1. The van der Waals surface area contributed by atoms with Gasteiger partial charge < -0.3 is 10.1 Å². The summed E-state index contributed by atoms with van der Waals surface area (Å²) >= 11 is 0. The Kier molecular flexibility index (Phi) is 2.34. The van der Waals surface area contributed by atoms with Crippen molar-refractivity contribution < 1.29 is 9.90 Å². The van der Waals surface area contributed by atoms with Crippen LogP contribution < -0.4 is 0 Å². The molecule has 88 valence electrons. The van der Waals surface area contributed by atoms with Gasteiger partial charge >= 0.3 is 5.97 Å². The number of rotatable bonds is 2. The fourth-order valence-electron chi connectivity index (χ4n) is 2.07. The van der Waals surface area contributed by atoms with Crippen molar-refractivity contribution in [1.29, 1.82) is 0 Å².